The molecule has 0 bridgehead atoms. The zero-order valence-electron chi connectivity index (χ0n) is 12.5. The molecule has 0 aliphatic heterocycles. The number of ketones is 1. The van der Waals surface area contributed by atoms with Gasteiger partial charge in [0.25, 0.3) is 5.56 Å². The average Bonchev–Trinajstić information content (AvgIpc) is 2.91. The molecule has 1 aliphatic carbocycles. The molecule has 0 radical (unpaired) electrons. The van der Waals surface area contributed by atoms with Gasteiger partial charge in [-0.05, 0) is 31.0 Å². The van der Waals surface area contributed by atoms with Crippen LogP contribution in [0.15, 0.2) is 35.3 Å². The third kappa shape index (κ3) is 2.28. The number of hydrogen-bond donors (Lipinski definition) is 2. The van der Waals surface area contributed by atoms with Gasteiger partial charge in [-0.1, -0.05) is 17.7 Å². The van der Waals surface area contributed by atoms with Gasteiger partial charge >= 0.3 is 0 Å². The van der Waals surface area contributed by atoms with Crippen LogP contribution in [0.4, 0.5) is 11.6 Å². The van der Waals surface area contributed by atoms with Crippen LogP contribution in [0.3, 0.4) is 0 Å². The van der Waals surface area contributed by atoms with E-state index in [1.807, 2.05) is 31.2 Å². The van der Waals surface area contributed by atoms with Crippen LogP contribution in [0.5, 0.6) is 0 Å². The molecule has 114 valence electrons. The van der Waals surface area contributed by atoms with Crippen LogP contribution in [0.2, 0.25) is 0 Å². The van der Waals surface area contributed by atoms with Crippen molar-refractivity contribution in [2.45, 2.75) is 19.8 Å². The molecule has 2 aromatic heterocycles. The number of H-pyrrole nitrogens is 1. The summed E-state index contributed by atoms with van der Waals surface area (Å²) < 4.78 is 0. The van der Waals surface area contributed by atoms with Crippen LogP contribution in [0.25, 0.3) is 11.0 Å². The normalized spacial score (nSPS) is 13.3. The van der Waals surface area contributed by atoms with E-state index in [1.54, 1.807) is 0 Å². The summed E-state index contributed by atoms with van der Waals surface area (Å²) in [6, 6.07) is 7.76. The van der Waals surface area contributed by atoms with Crippen molar-refractivity contribution in [3.8, 4) is 0 Å². The Labute approximate surface area is 131 Å². The average molecular weight is 306 g/mol. The molecule has 0 atom stereocenters. The number of carbonyl (C=O) groups is 1. The Morgan fingerprint density at radius 2 is 1.91 bits per heavy atom. The first-order chi connectivity index (χ1) is 11.1. The number of pyridine rings is 1. The maximum atomic E-state index is 12.4. The third-order valence-corrected chi connectivity index (χ3v) is 4.06. The SMILES string of the molecule is Cc1ccc(Nc2nc3ncc4c(c3c(=O)[nH]2)CCC4=O)cc1. The molecule has 1 aromatic carbocycles. The van der Waals surface area contributed by atoms with Crippen LogP contribution in [0.1, 0.15) is 27.9 Å². The molecule has 0 amide bonds. The van der Waals surface area contributed by atoms with Gasteiger partial charge in [0.15, 0.2) is 11.4 Å². The van der Waals surface area contributed by atoms with Gasteiger partial charge in [-0.25, -0.2) is 4.98 Å². The molecular formula is C17H14N4O2. The number of nitrogens with one attached hydrogen (secondary N) is 2. The number of fused-ring (bicyclic) bond motifs is 3. The quantitative estimate of drug-likeness (QED) is 0.759. The Kier molecular flexibility index (Phi) is 2.97. The number of hydrogen-bond acceptors (Lipinski definition) is 5. The third-order valence-electron chi connectivity index (χ3n) is 4.06. The summed E-state index contributed by atoms with van der Waals surface area (Å²) in [4.78, 5) is 35.5. The largest absolute Gasteiger partial charge is 0.326 e. The number of nitrogens with zero attached hydrogens (tertiary/aromatic N) is 2. The lowest BCUT2D eigenvalue weighted by atomic mass is 10.1. The molecule has 0 saturated carbocycles. The molecule has 1 aliphatic rings. The maximum Gasteiger partial charge on any atom is 0.262 e. The summed E-state index contributed by atoms with van der Waals surface area (Å²) in [7, 11) is 0. The van der Waals surface area contributed by atoms with Gasteiger partial charge in [-0.2, -0.15) is 4.98 Å². The van der Waals surface area contributed by atoms with Crippen LogP contribution in [-0.2, 0) is 6.42 Å². The number of benzene rings is 1. The topological polar surface area (TPSA) is 87.7 Å². The van der Waals surface area contributed by atoms with Crippen molar-refractivity contribution in [3.05, 3.63) is 57.5 Å². The van der Waals surface area contributed by atoms with Gasteiger partial charge in [-0.15, -0.1) is 0 Å². The van der Waals surface area contributed by atoms with E-state index < -0.39 is 0 Å². The fourth-order valence-corrected chi connectivity index (χ4v) is 2.87. The zero-order valence-corrected chi connectivity index (χ0v) is 12.5. The minimum Gasteiger partial charge on any atom is -0.326 e. The Balaban J connectivity index is 1.81. The van der Waals surface area contributed by atoms with Crippen LogP contribution < -0.4 is 10.9 Å². The van der Waals surface area contributed by atoms with E-state index in [0.29, 0.717) is 35.4 Å². The lowest BCUT2D eigenvalue weighted by Gasteiger charge is -2.08. The Hall–Kier alpha value is -3.02. The van der Waals surface area contributed by atoms with E-state index >= 15 is 0 Å². The van der Waals surface area contributed by atoms with Crippen LogP contribution >= 0.6 is 0 Å². The summed E-state index contributed by atoms with van der Waals surface area (Å²) >= 11 is 0. The number of rotatable bonds is 2. The number of aryl methyl sites for hydroxylation is 2. The van der Waals surface area contributed by atoms with Gasteiger partial charge in [0.1, 0.15) is 0 Å². The minimum atomic E-state index is -0.274. The fourth-order valence-electron chi connectivity index (χ4n) is 2.87. The van der Waals surface area contributed by atoms with E-state index in [1.165, 1.54) is 6.20 Å². The molecule has 0 spiro atoms. The molecule has 4 rings (SSSR count). The Bertz CT molecular complexity index is 990. The highest BCUT2D eigenvalue weighted by Gasteiger charge is 2.24. The molecule has 0 fully saturated rings. The molecule has 2 N–H and O–H groups in total. The van der Waals surface area contributed by atoms with Gasteiger partial charge in [0.2, 0.25) is 5.95 Å². The maximum absolute atomic E-state index is 12.4. The van der Waals surface area contributed by atoms with Crippen molar-refractivity contribution in [2.24, 2.45) is 0 Å². The lowest BCUT2D eigenvalue weighted by Crippen LogP contribution is -2.14. The van der Waals surface area contributed by atoms with Gasteiger partial charge in [0, 0.05) is 23.9 Å². The molecule has 3 aromatic rings. The van der Waals surface area contributed by atoms with Crippen molar-refractivity contribution in [1.29, 1.82) is 0 Å². The number of Topliss-reactive ketones (excluding diaryl/α,β-unsaturated/α-hetero) is 1. The highest BCUT2D eigenvalue weighted by molar-refractivity contribution is 6.04. The first-order valence-electron chi connectivity index (χ1n) is 7.40. The van der Waals surface area contributed by atoms with Gasteiger partial charge in [-0.3, -0.25) is 14.6 Å². The van der Waals surface area contributed by atoms with Gasteiger partial charge < -0.3 is 5.32 Å². The molecule has 0 saturated heterocycles. The van der Waals surface area contributed by atoms with E-state index in [0.717, 1.165) is 16.8 Å². The van der Waals surface area contributed by atoms with E-state index in [-0.39, 0.29) is 11.3 Å². The monoisotopic (exact) mass is 306 g/mol. The summed E-state index contributed by atoms with van der Waals surface area (Å²) in [5.74, 6) is 0.374. The molecule has 2 heterocycles. The Morgan fingerprint density at radius 1 is 1.13 bits per heavy atom. The van der Waals surface area contributed by atoms with E-state index in [4.69, 9.17) is 0 Å². The second-order valence-electron chi connectivity index (χ2n) is 5.68. The zero-order chi connectivity index (χ0) is 16.0. The lowest BCUT2D eigenvalue weighted by molar-refractivity contribution is 0.0994. The standard InChI is InChI=1S/C17H14N4O2/c1-9-2-4-10(5-3-9)19-17-20-15-14(16(23)21-17)11-6-7-13(22)12(11)8-18-15/h2-5,8H,6-7H2,1H3,(H2,18,19,20,21,23). The second kappa shape index (κ2) is 5.01. The summed E-state index contributed by atoms with van der Waals surface area (Å²) in [5, 5.41) is 3.49. The molecule has 6 nitrogen and oxygen atoms in total. The minimum absolute atomic E-state index is 0.0376. The van der Waals surface area contributed by atoms with Crippen molar-refractivity contribution in [1.82, 2.24) is 15.0 Å². The molecular weight excluding hydrogens is 292 g/mol. The number of aromatic nitrogens is 3. The van der Waals surface area contributed by atoms with Crippen LogP contribution in [-0.4, -0.2) is 20.7 Å². The van der Waals surface area contributed by atoms with Crippen molar-refractivity contribution < 1.29 is 4.79 Å². The predicted octanol–water partition coefficient (Wildman–Crippen LogP) is 2.50. The van der Waals surface area contributed by atoms with Crippen LogP contribution in [0, 0.1) is 6.92 Å². The smallest absolute Gasteiger partial charge is 0.262 e. The predicted molar refractivity (Wildman–Crippen MR) is 87.3 cm³/mol. The van der Waals surface area contributed by atoms with E-state index in [2.05, 4.69) is 20.3 Å². The number of aromatic amines is 1. The molecule has 6 heteroatoms. The summed E-state index contributed by atoms with van der Waals surface area (Å²) in [5.41, 5.74) is 3.37. The van der Waals surface area contributed by atoms with Crippen molar-refractivity contribution in [2.75, 3.05) is 5.32 Å². The van der Waals surface area contributed by atoms with Gasteiger partial charge in [0.05, 0.1) is 5.39 Å². The first kappa shape index (κ1) is 13.6. The first-order valence-corrected chi connectivity index (χ1v) is 7.40. The van der Waals surface area contributed by atoms with E-state index in [9.17, 15) is 9.59 Å². The fraction of sp³-hybridized carbons (Fsp3) is 0.176. The number of carbonyl (C=O) groups excluding carboxylic acids is 1. The second-order valence-corrected chi connectivity index (χ2v) is 5.68. The molecule has 23 heavy (non-hydrogen) atoms. The highest BCUT2D eigenvalue weighted by atomic mass is 16.1. The van der Waals surface area contributed by atoms with Crippen molar-refractivity contribution >= 4 is 28.5 Å². The summed E-state index contributed by atoms with van der Waals surface area (Å²) in [6.45, 7) is 2.01. The Morgan fingerprint density at radius 3 is 2.70 bits per heavy atom. The number of anilines is 2. The highest BCUT2D eigenvalue weighted by Crippen LogP contribution is 2.26. The molecule has 0 unspecified atom stereocenters. The summed E-state index contributed by atoms with van der Waals surface area (Å²) in [6.07, 6.45) is 2.52. The van der Waals surface area contributed by atoms with Crippen molar-refractivity contribution in [3.63, 3.8) is 0 Å².